The van der Waals surface area contributed by atoms with E-state index in [0.29, 0.717) is 0 Å². The molecular formula is C5HClF2N3. The summed E-state index contributed by atoms with van der Waals surface area (Å²) in [4.78, 5) is 0. The Kier molecular flexibility index (Phi) is 2.06. The summed E-state index contributed by atoms with van der Waals surface area (Å²) in [5.74, 6) is 0. The number of alkyl halides is 2. The van der Waals surface area contributed by atoms with Gasteiger partial charge in [-0.25, -0.2) is 0 Å². The fourth-order valence-corrected chi connectivity index (χ4v) is 0.709. The second kappa shape index (κ2) is 2.84. The van der Waals surface area contributed by atoms with Gasteiger partial charge in [0.25, 0.3) is 0 Å². The summed E-state index contributed by atoms with van der Waals surface area (Å²) in [5.41, 5.74) is -0.373. The Labute approximate surface area is 65.8 Å². The van der Waals surface area contributed by atoms with E-state index in [4.69, 9.17) is 16.9 Å². The molecule has 11 heavy (non-hydrogen) atoms. The van der Waals surface area contributed by atoms with Crippen LogP contribution in [0.3, 0.4) is 0 Å². The number of hydrogen-bond acceptors (Lipinski definition) is 2. The first-order valence-corrected chi connectivity index (χ1v) is 2.88. The van der Waals surface area contributed by atoms with E-state index in [9.17, 15) is 8.78 Å². The van der Waals surface area contributed by atoms with Crippen molar-refractivity contribution in [3.63, 3.8) is 0 Å². The zero-order valence-electron chi connectivity index (χ0n) is 5.05. The highest BCUT2D eigenvalue weighted by Crippen LogP contribution is 2.18. The summed E-state index contributed by atoms with van der Waals surface area (Å²) >= 11 is 5.29. The third kappa shape index (κ3) is 1.30. The molecule has 0 aromatic carbocycles. The van der Waals surface area contributed by atoms with E-state index < -0.39 is 6.55 Å². The van der Waals surface area contributed by atoms with Crippen LogP contribution in [0.5, 0.6) is 0 Å². The lowest BCUT2D eigenvalue weighted by Gasteiger charge is -1.97. The molecule has 0 saturated heterocycles. The summed E-state index contributed by atoms with van der Waals surface area (Å²) in [6, 6.07) is 1.48. The van der Waals surface area contributed by atoms with Crippen molar-refractivity contribution in [3.05, 3.63) is 16.9 Å². The van der Waals surface area contributed by atoms with E-state index in [2.05, 4.69) is 5.10 Å². The average Bonchev–Trinajstić information content (AvgIpc) is 2.30. The van der Waals surface area contributed by atoms with Gasteiger partial charge in [-0.15, -0.1) is 0 Å². The van der Waals surface area contributed by atoms with Crippen LogP contribution in [0.1, 0.15) is 12.2 Å². The van der Waals surface area contributed by atoms with Gasteiger partial charge >= 0.3 is 6.55 Å². The van der Waals surface area contributed by atoms with Crippen LogP contribution in [0, 0.1) is 17.5 Å². The molecule has 57 valence electrons. The first-order chi connectivity index (χ1) is 5.16. The molecule has 1 aromatic rings. The van der Waals surface area contributed by atoms with Gasteiger partial charge in [-0.2, -0.15) is 23.8 Å². The van der Waals surface area contributed by atoms with Gasteiger partial charge < -0.3 is 0 Å². The van der Waals surface area contributed by atoms with Gasteiger partial charge in [-0.3, -0.25) is 0 Å². The van der Waals surface area contributed by atoms with Gasteiger partial charge in [0.05, 0.1) is 0 Å². The normalized spacial score (nSPS) is 10.1. The lowest BCUT2D eigenvalue weighted by atomic mass is 10.5. The zero-order valence-corrected chi connectivity index (χ0v) is 5.81. The summed E-state index contributed by atoms with van der Waals surface area (Å²) in [5, 5.41) is 11.2. The molecule has 0 amide bonds. The highest BCUT2D eigenvalue weighted by molar-refractivity contribution is 6.31. The monoisotopic (exact) mass is 176 g/mol. The lowest BCUT2D eigenvalue weighted by Crippen LogP contribution is -2.02. The van der Waals surface area contributed by atoms with E-state index in [1.165, 1.54) is 6.07 Å². The largest absolute Gasteiger partial charge is 0.334 e. The fourth-order valence-electron chi connectivity index (χ4n) is 0.543. The summed E-state index contributed by atoms with van der Waals surface area (Å²) < 4.78 is 24.0. The molecule has 0 atom stereocenters. The molecule has 0 aliphatic carbocycles. The molecular weight excluding hydrogens is 176 g/mol. The maximum atomic E-state index is 11.9. The molecule has 0 N–H and O–H groups in total. The molecule has 6 heteroatoms. The maximum absolute atomic E-state index is 11.9. The standard InChI is InChI=1S/C5HClF2N3/c6-3-2-10-11(5(7)8)4(3)1-9/h5H. The highest BCUT2D eigenvalue weighted by Gasteiger charge is 2.15. The van der Waals surface area contributed by atoms with E-state index in [0.717, 1.165) is 0 Å². The minimum absolute atomic E-state index is 0.187. The van der Waals surface area contributed by atoms with Crippen LogP contribution in [-0.2, 0) is 0 Å². The summed E-state index contributed by atoms with van der Waals surface area (Å²) in [7, 11) is 0. The van der Waals surface area contributed by atoms with Gasteiger partial charge in [0.2, 0.25) is 0 Å². The smallest absolute Gasteiger partial charge is 0.191 e. The number of hydrogen-bond donors (Lipinski definition) is 0. The van der Waals surface area contributed by atoms with Crippen LogP contribution in [0.4, 0.5) is 8.78 Å². The Bertz CT molecular complexity index is 301. The molecule has 0 saturated carbocycles. The van der Waals surface area contributed by atoms with E-state index in [1.807, 2.05) is 6.20 Å². The SMILES string of the molecule is N#Cc1c(Cl)[c]nn1C(F)F. The van der Waals surface area contributed by atoms with Crippen molar-refractivity contribution in [2.75, 3.05) is 0 Å². The van der Waals surface area contributed by atoms with Crippen molar-refractivity contribution in [1.82, 2.24) is 9.78 Å². The van der Waals surface area contributed by atoms with Gasteiger partial charge in [-0.05, 0) is 0 Å². The Hall–Kier alpha value is -1.15. The Morgan fingerprint density at radius 1 is 1.73 bits per heavy atom. The van der Waals surface area contributed by atoms with Crippen LogP contribution < -0.4 is 0 Å². The number of nitrogens with zero attached hydrogens (tertiary/aromatic N) is 3. The second-order valence-corrected chi connectivity index (χ2v) is 1.99. The van der Waals surface area contributed by atoms with Crippen molar-refractivity contribution in [3.8, 4) is 6.07 Å². The molecule has 1 radical (unpaired) electrons. The molecule has 1 aromatic heterocycles. The van der Waals surface area contributed by atoms with Crippen LogP contribution >= 0.6 is 11.6 Å². The third-order valence-corrected chi connectivity index (χ3v) is 1.25. The minimum Gasteiger partial charge on any atom is -0.191 e. The Balaban J connectivity index is 3.19. The molecule has 0 aliphatic heterocycles. The molecule has 0 aliphatic rings. The fraction of sp³-hybridized carbons (Fsp3) is 0.200. The first-order valence-electron chi connectivity index (χ1n) is 2.50. The van der Waals surface area contributed by atoms with Crippen molar-refractivity contribution in [1.29, 1.82) is 5.26 Å². The number of rotatable bonds is 1. The third-order valence-electron chi connectivity index (χ3n) is 0.984. The van der Waals surface area contributed by atoms with Crippen molar-refractivity contribution < 1.29 is 8.78 Å². The topological polar surface area (TPSA) is 41.6 Å². The van der Waals surface area contributed by atoms with Crippen molar-refractivity contribution in [2.45, 2.75) is 6.55 Å². The predicted octanol–water partition coefficient (Wildman–Crippen LogP) is 1.60. The van der Waals surface area contributed by atoms with Crippen LogP contribution in [0.15, 0.2) is 0 Å². The predicted molar refractivity (Wildman–Crippen MR) is 32.0 cm³/mol. The summed E-state index contributed by atoms with van der Waals surface area (Å²) in [6.07, 6.45) is 2.05. The van der Waals surface area contributed by atoms with Gasteiger partial charge in [0, 0.05) is 0 Å². The number of aromatic nitrogens is 2. The van der Waals surface area contributed by atoms with Crippen molar-refractivity contribution >= 4 is 11.6 Å². The van der Waals surface area contributed by atoms with Crippen molar-refractivity contribution in [2.24, 2.45) is 0 Å². The van der Waals surface area contributed by atoms with Gasteiger partial charge in [0.15, 0.2) is 5.69 Å². The van der Waals surface area contributed by atoms with Crippen LogP contribution in [-0.4, -0.2) is 9.78 Å². The quantitative estimate of drug-likeness (QED) is 0.652. The zero-order chi connectivity index (χ0) is 8.43. The summed E-state index contributed by atoms with van der Waals surface area (Å²) in [6.45, 7) is -2.85. The molecule has 0 unspecified atom stereocenters. The molecule has 3 nitrogen and oxygen atoms in total. The van der Waals surface area contributed by atoms with E-state index in [-0.39, 0.29) is 15.4 Å². The van der Waals surface area contributed by atoms with Crippen LogP contribution in [0.2, 0.25) is 5.02 Å². The highest BCUT2D eigenvalue weighted by atomic mass is 35.5. The van der Waals surface area contributed by atoms with Gasteiger partial charge in [0.1, 0.15) is 17.3 Å². The molecule has 1 rings (SSSR count). The average molecular weight is 177 g/mol. The molecule has 0 fully saturated rings. The van der Waals surface area contributed by atoms with Crippen LogP contribution in [0.25, 0.3) is 0 Å². The molecule has 1 heterocycles. The Morgan fingerprint density at radius 3 is 2.73 bits per heavy atom. The Morgan fingerprint density at radius 2 is 2.36 bits per heavy atom. The number of halogens is 3. The molecule has 0 spiro atoms. The van der Waals surface area contributed by atoms with Gasteiger partial charge in [-0.1, -0.05) is 11.6 Å². The van der Waals surface area contributed by atoms with E-state index in [1.54, 1.807) is 0 Å². The maximum Gasteiger partial charge on any atom is 0.334 e. The second-order valence-electron chi connectivity index (χ2n) is 1.61. The number of nitriles is 1. The van der Waals surface area contributed by atoms with E-state index >= 15 is 0 Å². The molecule has 0 bridgehead atoms. The lowest BCUT2D eigenvalue weighted by molar-refractivity contribution is 0.0555. The first kappa shape index (κ1) is 7.95. The minimum atomic E-state index is -2.85.